The third kappa shape index (κ3) is 3.28. The van der Waals surface area contributed by atoms with Gasteiger partial charge in [-0.2, -0.15) is 5.10 Å². The third-order valence-electron chi connectivity index (χ3n) is 5.71. The molecule has 1 fully saturated rings. The highest BCUT2D eigenvalue weighted by Gasteiger charge is 2.31. The maximum atomic E-state index is 14.0. The summed E-state index contributed by atoms with van der Waals surface area (Å²) in [5, 5.41) is 10.6. The summed E-state index contributed by atoms with van der Waals surface area (Å²) in [5.74, 6) is 0.671. The van der Waals surface area contributed by atoms with Crippen molar-refractivity contribution in [3.8, 4) is 5.75 Å². The number of nitrogens with zero attached hydrogens (tertiary/aromatic N) is 3. The monoisotopic (exact) mass is 395 g/mol. The Bertz CT molecular complexity index is 1080. The summed E-state index contributed by atoms with van der Waals surface area (Å²) in [7, 11) is 0. The van der Waals surface area contributed by atoms with Gasteiger partial charge in [-0.25, -0.2) is 13.9 Å². The van der Waals surface area contributed by atoms with Gasteiger partial charge in [-0.05, 0) is 50.5 Å². The Labute approximate surface area is 167 Å². The molecule has 150 valence electrons. The first-order chi connectivity index (χ1) is 14.1. The molecule has 0 saturated heterocycles. The van der Waals surface area contributed by atoms with E-state index in [2.05, 4.69) is 20.7 Å². The molecule has 1 saturated carbocycles. The normalized spacial score (nSPS) is 24.2. The summed E-state index contributed by atoms with van der Waals surface area (Å²) < 4.78 is 21.9. The van der Waals surface area contributed by atoms with Crippen LogP contribution in [0.2, 0.25) is 0 Å². The van der Waals surface area contributed by atoms with E-state index in [1.807, 2.05) is 6.92 Å². The molecule has 1 aliphatic heterocycles. The quantitative estimate of drug-likeness (QED) is 0.609. The minimum Gasteiger partial charge on any atom is -0.488 e. The van der Waals surface area contributed by atoms with Crippen LogP contribution in [-0.4, -0.2) is 32.7 Å². The van der Waals surface area contributed by atoms with Crippen LogP contribution in [0.5, 0.6) is 5.75 Å². The van der Waals surface area contributed by atoms with Crippen LogP contribution >= 0.6 is 0 Å². The van der Waals surface area contributed by atoms with Crippen molar-refractivity contribution in [2.45, 2.75) is 50.8 Å². The number of carbonyl (C=O) groups is 1. The van der Waals surface area contributed by atoms with Gasteiger partial charge < -0.3 is 15.4 Å². The van der Waals surface area contributed by atoms with Gasteiger partial charge in [0.15, 0.2) is 5.65 Å². The van der Waals surface area contributed by atoms with Crippen LogP contribution in [0, 0.1) is 5.82 Å². The van der Waals surface area contributed by atoms with Crippen LogP contribution < -0.4 is 15.4 Å². The predicted octanol–water partition coefficient (Wildman–Crippen LogP) is 3.47. The predicted molar refractivity (Wildman–Crippen MR) is 106 cm³/mol. The van der Waals surface area contributed by atoms with E-state index in [-0.39, 0.29) is 29.9 Å². The van der Waals surface area contributed by atoms with E-state index in [9.17, 15) is 9.18 Å². The molecule has 2 N–H and O–H groups in total. The molecule has 0 spiro atoms. The molecule has 2 aromatic heterocycles. The molecule has 5 rings (SSSR count). The molecule has 3 heterocycles. The molecule has 2 aliphatic rings. The summed E-state index contributed by atoms with van der Waals surface area (Å²) in [6, 6.07) is 5.97. The topological polar surface area (TPSA) is 80.5 Å². The smallest absolute Gasteiger partial charge is 0.257 e. The fraction of sp³-hybridized carbons (Fsp3) is 0.381. The summed E-state index contributed by atoms with van der Waals surface area (Å²) in [6.45, 7) is 1.94. The molecular formula is C21H22FN5O2. The average Bonchev–Trinajstić information content (AvgIpc) is 3.13. The van der Waals surface area contributed by atoms with Gasteiger partial charge in [-0.3, -0.25) is 4.79 Å². The van der Waals surface area contributed by atoms with Crippen LogP contribution in [0.3, 0.4) is 0 Å². The zero-order valence-corrected chi connectivity index (χ0v) is 16.1. The number of aromatic nitrogens is 3. The first-order valence-corrected chi connectivity index (χ1v) is 9.96. The fourth-order valence-electron chi connectivity index (χ4n) is 4.19. The number of benzene rings is 1. The van der Waals surface area contributed by atoms with E-state index in [4.69, 9.17) is 4.74 Å². The second-order valence-electron chi connectivity index (χ2n) is 7.71. The molecule has 1 aliphatic carbocycles. The van der Waals surface area contributed by atoms with Gasteiger partial charge in [0.1, 0.15) is 29.1 Å². The Morgan fingerprint density at radius 2 is 2.07 bits per heavy atom. The van der Waals surface area contributed by atoms with E-state index < -0.39 is 0 Å². The van der Waals surface area contributed by atoms with Crippen molar-refractivity contribution in [1.29, 1.82) is 0 Å². The third-order valence-corrected chi connectivity index (χ3v) is 5.71. The second kappa shape index (κ2) is 7.02. The van der Waals surface area contributed by atoms with Gasteiger partial charge in [-0.15, -0.1) is 0 Å². The number of nitrogens with one attached hydrogen (secondary N) is 2. The van der Waals surface area contributed by atoms with Gasteiger partial charge >= 0.3 is 0 Å². The number of hydrogen-bond acceptors (Lipinski definition) is 5. The van der Waals surface area contributed by atoms with Gasteiger partial charge in [0, 0.05) is 11.8 Å². The fourth-order valence-corrected chi connectivity index (χ4v) is 4.19. The molecule has 2 bridgehead atoms. The van der Waals surface area contributed by atoms with Crippen molar-refractivity contribution in [1.82, 2.24) is 19.9 Å². The van der Waals surface area contributed by atoms with Crippen LogP contribution in [0.15, 0.2) is 36.7 Å². The maximum absolute atomic E-state index is 14.0. The van der Waals surface area contributed by atoms with E-state index in [0.717, 1.165) is 31.2 Å². The number of hydrogen-bond donors (Lipinski definition) is 2. The molecule has 1 aromatic carbocycles. The van der Waals surface area contributed by atoms with Crippen LogP contribution in [0.1, 0.15) is 54.6 Å². The summed E-state index contributed by atoms with van der Waals surface area (Å²) in [4.78, 5) is 17.6. The standard InChI is InChI=1S/C21H22FN5O2/c1-12-14-10-13(22)6-7-17(14)29-18-5-3-2-4-16(18)25-21(28)15-11-23-27-9-8-19(24-12)26-20(15)27/h6-12,16,18H,2-5H2,1H3,(H,24,26)(H,25,28)/t12-,16+,18+/m1/s1. The second-order valence-corrected chi connectivity index (χ2v) is 7.71. The molecular weight excluding hydrogens is 373 g/mol. The Balaban J connectivity index is 1.64. The Hall–Kier alpha value is -3.16. The van der Waals surface area contributed by atoms with E-state index in [0.29, 0.717) is 22.8 Å². The number of carbonyl (C=O) groups excluding carboxylic acids is 1. The molecule has 3 atom stereocenters. The number of rotatable bonds is 0. The summed E-state index contributed by atoms with van der Waals surface area (Å²) >= 11 is 0. The minimum atomic E-state index is -0.319. The Morgan fingerprint density at radius 3 is 2.97 bits per heavy atom. The lowest BCUT2D eigenvalue weighted by Gasteiger charge is -2.33. The lowest BCUT2D eigenvalue weighted by molar-refractivity contribution is 0.0796. The molecule has 0 radical (unpaired) electrons. The van der Waals surface area contributed by atoms with Gasteiger partial charge in [0.2, 0.25) is 0 Å². The molecule has 3 aromatic rings. The minimum absolute atomic E-state index is 0.128. The number of halogens is 1. The zero-order chi connectivity index (χ0) is 20.0. The molecule has 0 unspecified atom stereocenters. The summed E-state index contributed by atoms with van der Waals surface area (Å²) in [5.41, 5.74) is 1.62. The highest BCUT2D eigenvalue weighted by molar-refractivity contribution is 6.00. The molecule has 1 amide bonds. The number of ether oxygens (including phenoxy) is 1. The number of anilines is 1. The van der Waals surface area contributed by atoms with Gasteiger partial charge in [-0.1, -0.05) is 6.42 Å². The first kappa shape index (κ1) is 17.9. The van der Waals surface area contributed by atoms with Crippen molar-refractivity contribution in [3.05, 3.63) is 53.6 Å². The maximum Gasteiger partial charge on any atom is 0.257 e. The molecule has 29 heavy (non-hydrogen) atoms. The highest BCUT2D eigenvalue weighted by Crippen LogP contribution is 2.32. The van der Waals surface area contributed by atoms with E-state index in [1.165, 1.54) is 18.3 Å². The highest BCUT2D eigenvalue weighted by atomic mass is 19.1. The number of fused-ring (bicyclic) bond motifs is 3. The Kier molecular flexibility index (Phi) is 4.34. The SMILES string of the molecule is C[C@H]1Nc2ccn3ncc(c3n2)C(=O)N[C@H]2CCCC[C@@H]2Oc2ccc(F)cc21. The van der Waals surface area contributed by atoms with Crippen LogP contribution in [0.4, 0.5) is 10.2 Å². The van der Waals surface area contributed by atoms with Crippen molar-refractivity contribution in [3.63, 3.8) is 0 Å². The van der Waals surface area contributed by atoms with Crippen LogP contribution in [0.25, 0.3) is 5.65 Å². The van der Waals surface area contributed by atoms with E-state index in [1.54, 1.807) is 22.8 Å². The van der Waals surface area contributed by atoms with Crippen molar-refractivity contribution >= 4 is 17.4 Å². The van der Waals surface area contributed by atoms with Crippen molar-refractivity contribution in [2.24, 2.45) is 0 Å². The molecule has 8 heteroatoms. The van der Waals surface area contributed by atoms with Crippen molar-refractivity contribution in [2.75, 3.05) is 5.32 Å². The summed E-state index contributed by atoms with van der Waals surface area (Å²) in [6.07, 6.45) is 6.83. The first-order valence-electron chi connectivity index (χ1n) is 9.96. The number of amides is 1. The Morgan fingerprint density at radius 1 is 1.21 bits per heavy atom. The zero-order valence-electron chi connectivity index (χ0n) is 16.1. The average molecular weight is 395 g/mol. The van der Waals surface area contributed by atoms with E-state index >= 15 is 0 Å². The van der Waals surface area contributed by atoms with Gasteiger partial charge in [0.25, 0.3) is 5.91 Å². The largest absolute Gasteiger partial charge is 0.488 e. The van der Waals surface area contributed by atoms with Gasteiger partial charge in [0.05, 0.1) is 18.3 Å². The van der Waals surface area contributed by atoms with Crippen molar-refractivity contribution < 1.29 is 13.9 Å². The molecule has 7 nitrogen and oxygen atoms in total. The van der Waals surface area contributed by atoms with Crippen LogP contribution in [-0.2, 0) is 0 Å². The lowest BCUT2D eigenvalue weighted by atomic mass is 9.92. The lowest BCUT2D eigenvalue weighted by Crippen LogP contribution is -2.47.